The predicted octanol–water partition coefficient (Wildman–Crippen LogP) is 2.57. The Morgan fingerprint density at radius 1 is 1.33 bits per heavy atom. The molecule has 0 aliphatic heterocycles. The maximum Gasteiger partial charge on any atom is 0.0489 e. The van der Waals surface area contributed by atoms with Crippen LogP contribution in [0.25, 0.3) is 0 Å². The van der Waals surface area contributed by atoms with Gasteiger partial charge in [0.15, 0.2) is 0 Å². The molecule has 1 aromatic heterocycles. The number of aryl methyl sites for hydroxylation is 1. The fourth-order valence-corrected chi connectivity index (χ4v) is 1.10. The Kier molecular flexibility index (Phi) is 3.32. The highest BCUT2D eigenvalue weighted by molar-refractivity contribution is 4.77. The smallest absolute Gasteiger partial charge is 0.0489 e. The average Bonchev–Trinajstić information content (AvgIpc) is 2.51. The number of rotatable bonds is 4. The second-order valence-corrected chi connectivity index (χ2v) is 3.78. The highest BCUT2D eigenvalue weighted by Gasteiger charge is 2.06. The molecule has 0 amide bonds. The summed E-state index contributed by atoms with van der Waals surface area (Å²) in [6.07, 6.45) is 5.08. The maximum absolute atomic E-state index is 4.16. The molecule has 1 unspecified atom stereocenters. The van der Waals surface area contributed by atoms with Crippen LogP contribution in [0.1, 0.15) is 27.2 Å². The van der Waals surface area contributed by atoms with Gasteiger partial charge in [-0.1, -0.05) is 20.8 Å². The molecule has 1 rings (SSSR count). The third kappa shape index (κ3) is 2.68. The highest BCUT2D eigenvalue weighted by Crippen LogP contribution is 2.14. The molecule has 0 aromatic carbocycles. The van der Waals surface area contributed by atoms with E-state index in [1.165, 1.54) is 6.42 Å². The topological polar surface area (TPSA) is 17.8 Å². The molecule has 12 heavy (non-hydrogen) atoms. The van der Waals surface area contributed by atoms with Gasteiger partial charge in [-0.15, -0.1) is 0 Å². The van der Waals surface area contributed by atoms with E-state index < -0.39 is 0 Å². The largest absolute Gasteiger partial charge is 0.273 e. The van der Waals surface area contributed by atoms with Gasteiger partial charge in [-0.2, -0.15) is 5.10 Å². The van der Waals surface area contributed by atoms with Gasteiger partial charge in [0.1, 0.15) is 0 Å². The molecule has 0 radical (unpaired) electrons. The van der Waals surface area contributed by atoms with Crippen LogP contribution in [0.2, 0.25) is 0 Å². The van der Waals surface area contributed by atoms with Crippen LogP contribution < -0.4 is 0 Å². The second-order valence-electron chi connectivity index (χ2n) is 3.78. The summed E-state index contributed by atoms with van der Waals surface area (Å²) >= 11 is 0. The van der Waals surface area contributed by atoms with Crippen molar-refractivity contribution in [3.05, 3.63) is 18.5 Å². The first-order chi connectivity index (χ1) is 5.70. The second kappa shape index (κ2) is 4.29. The van der Waals surface area contributed by atoms with Crippen molar-refractivity contribution in [1.29, 1.82) is 0 Å². The minimum Gasteiger partial charge on any atom is -0.273 e. The summed E-state index contributed by atoms with van der Waals surface area (Å²) in [5.41, 5.74) is 0. The fraction of sp³-hybridized carbons (Fsp3) is 0.700. The molecule has 0 N–H and O–H groups in total. The van der Waals surface area contributed by atoms with Crippen molar-refractivity contribution in [2.75, 3.05) is 0 Å². The molecule has 0 bridgehead atoms. The zero-order valence-electron chi connectivity index (χ0n) is 8.20. The van der Waals surface area contributed by atoms with Crippen molar-refractivity contribution < 1.29 is 0 Å². The Bertz CT molecular complexity index is 202. The molecule has 0 saturated heterocycles. The highest BCUT2D eigenvalue weighted by atomic mass is 15.3. The van der Waals surface area contributed by atoms with Gasteiger partial charge in [0.05, 0.1) is 0 Å². The Morgan fingerprint density at radius 3 is 2.58 bits per heavy atom. The lowest BCUT2D eigenvalue weighted by atomic mass is 9.95. The molecule has 2 heteroatoms. The normalized spacial score (nSPS) is 13.7. The van der Waals surface area contributed by atoms with E-state index in [4.69, 9.17) is 0 Å². The summed E-state index contributed by atoms with van der Waals surface area (Å²) in [4.78, 5) is 0. The Balaban J connectivity index is 2.27. The minimum absolute atomic E-state index is 0.778. The zero-order valence-corrected chi connectivity index (χ0v) is 8.20. The molecule has 0 aliphatic rings. The molecule has 1 atom stereocenters. The summed E-state index contributed by atoms with van der Waals surface area (Å²) in [6, 6.07) is 1.97. The number of hydrogen-bond acceptors (Lipinski definition) is 1. The van der Waals surface area contributed by atoms with Gasteiger partial charge < -0.3 is 0 Å². The summed E-state index contributed by atoms with van der Waals surface area (Å²) in [5.74, 6) is 1.56. The molecule has 2 nitrogen and oxygen atoms in total. The number of aromatic nitrogens is 2. The Labute approximate surface area is 74.6 Å². The molecular formula is C10H18N2. The third-order valence-electron chi connectivity index (χ3n) is 2.51. The van der Waals surface area contributed by atoms with Gasteiger partial charge in [-0.3, -0.25) is 4.68 Å². The quantitative estimate of drug-likeness (QED) is 0.672. The van der Waals surface area contributed by atoms with Crippen molar-refractivity contribution in [3.63, 3.8) is 0 Å². The summed E-state index contributed by atoms with van der Waals surface area (Å²) in [7, 11) is 0. The zero-order chi connectivity index (χ0) is 8.97. The molecule has 0 saturated carbocycles. The van der Waals surface area contributed by atoms with E-state index in [-0.39, 0.29) is 0 Å². The van der Waals surface area contributed by atoms with Gasteiger partial charge in [0.2, 0.25) is 0 Å². The fourth-order valence-electron chi connectivity index (χ4n) is 1.10. The van der Waals surface area contributed by atoms with Gasteiger partial charge >= 0.3 is 0 Å². The molecule has 68 valence electrons. The van der Waals surface area contributed by atoms with Gasteiger partial charge in [-0.25, -0.2) is 0 Å². The van der Waals surface area contributed by atoms with Crippen LogP contribution in [0.3, 0.4) is 0 Å². The van der Waals surface area contributed by atoms with Crippen LogP contribution in [0, 0.1) is 11.8 Å². The first-order valence-electron chi connectivity index (χ1n) is 4.67. The van der Waals surface area contributed by atoms with Crippen molar-refractivity contribution >= 4 is 0 Å². The van der Waals surface area contributed by atoms with Crippen molar-refractivity contribution in [2.24, 2.45) is 11.8 Å². The van der Waals surface area contributed by atoms with Crippen LogP contribution >= 0.6 is 0 Å². The Morgan fingerprint density at radius 2 is 2.08 bits per heavy atom. The monoisotopic (exact) mass is 166 g/mol. The lowest BCUT2D eigenvalue weighted by Crippen LogP contribution is -2.08. The number of hydrogen-bond donors (Lipinski definition) is 0. The molecule has 0 spiro atoms. The standard InChI is InChI=1S/C10H18N2/c1-9(2)10(3)5-8-12-7-4-6-11-12/h4,6-7,9-10H,5,8H2,1-3H3. The molecule has 1 aromatic rings. The summed E-state index contributed by atoms with van der Waals surface area (Å²) in [5, 5.41) is 4.16. The van der Waals surface area contributed by atoms with E-state index in [9.17, 15) is 0 Å². The molecule has 0 aliphatic carbocycles. The first-order valence-corrected chi connectivity index (χ1v) is 4.67. The summed E-state index contributed by atoms with van der Waals surface area (Å²) in [6.45, 7) is 7.89. The minimum atomic E-state index is 0.778. The Hall–Kier alpha value is -0.790. The summed E-state index contributed by atoms with van der Waals surface area (Å²) < 4.78 is 2.00. The SMILES string of the molecule is CC(C)C(C)CCn1cccn1. The van der Waals surface area contributed by atoms with Gasteiger partial charge in [0.25, 0.3) is 0 Å². The van der Waals surface area contributed by atoms with E-state index in [0.29, 0.717) is 0 Å². The van der Waals surface area contributed by atoms with Crippen LogP contribution in [0.15, 0.2) is 18.5 Å². The van der Waals surface area contributed by atoms with Gasteiger partial charge in [0, 0.05) is 18.9 Å². The predicted molar refractivity (Wildman–Crippen MR) is 50.8 cm³/mol. The molecule has 1 heterocycles. The van der Waals surface area contributed by atoms with E-state index >= 15 is 0 Å². The molecule has 0 fully saturated rings. The molecular weight excluding hydrogens is 148 g/mol. The van der Waals surface area contributed by atoms with Crippen molar-refractivity contribution in [3.8, 4) is 0 Å². The number of nitrogens with zero attached hydrogens (tertiary/aromatic N) is 2. The lowest BCUT2D eigenvalue weighted by Gasteiger charge is -2.14. The van der Waals surface area contributed by atoms with E-state index in [1.807, 2.05) is 23.1 Å². The van der Waals surface area contributed by atoms with E-state index in [2.05, 4.69) is 25.9 Å². The average molecular weight is 166 g/mol. The van der Waals surface area contributed by atoms with Crippen molar-refractivity contribution in [1.82, 2.24) is 9.78 Å². The van der Waals surface area contributed by atoms with Crippen LogP contribution in [0.5, 0.6) is 0 Å². The van der Waals surface area contributed by atoms with Crippen LogP contribution in [-0.4, -0.2) is 9.78 Å². The van der Waals surface area contributed by atoms with E-state index in [0.717, 1.165) is 18.4 Å². The van der Waals surface area contributed by atoms with Crippen LogP contribution in [-0.2, 0) is 6.54 Å². The first kappa shape index (κ1) is 9.30. The lowest BCUT2D eigenvalue weighted by molar-refractivity contribution is 0.361. The third-order valence-corrected chi connectivity index (χ3v) is 2.51. The van der Waals surface area contributed by atoms with Crippen molar-refractivity contribution in [2.45, 2.75) is 33.7 Å². The maximum atomic E-state index is 4.16. The van der Waals surface area contributed by atoms with Crippen LogP contribution in [0.4, 0.5) is 0 Å². The van der Waals surface area contributed by atoms with E-state index in [1.54, 1.807) is 0 Å². The van der Waals surface area contributed by atoms with Gasteiger partial charge in [-0.05, 0) is 24.3 Å².